The molecule has 7 nitrogen and oxygen atoms in total. The van der Waals surface area contributed by atoms with Gasteiger partial charge in [0, 0.05) is 23.4 Å². The molecule has 5 rings (SSSR count). The van der Waals surface area contributed by atoms with Gasteiger partial charge in [-0.15, -0.1) is 0 Å². The van der Waals surface area contributed by atoms with Crippen LogP contribution in [0.5, 0.6) is 0 Å². The standard InChI is InChI=1S/C33H41BrN2O5/c1-20(35-29(40)41-30(2,3)4)14-13-19-36-26(37)25-31(5)23(21-15-9-7-10-16-21)24(22-17-11-8-12-18-22)32(6,27(31)38)33(25,34)28(36)39/h7-12,15-18,20,25,27-28,38-39H,13-14,19H2,1-6H3,(H,35,40)/t20-,25?,27?,28?,31?,32?,33?/m1/s1. The number of rotatable bonds is 7. The summed E-state index contributed by atoms with van der Waals surface area (Å²) >= 11 is 3.95. The number of likely N-dealkylation sites (tertiary alicyclic amines) is 1. The summed E-state index contributed by atoms with van der Waals surface area (Å²) in [6.45, 7) is 11.6. The first-order valence-electron chi connectivity index (χ1n) is 14.4. The van der Waals surface area contributed by atoms with Gasteiger partial charge in [-0.05, 0) is 62.8 Å². The highest BCUT2D eigenvalue weighted by atomic mass is 79.9. The van der Waals surface area contributed by atoms with Crippen LogP contribution in [0.15, 0.2) is 60.7 Å². The number of hydrogen-bond acceptors (Lipinski definition) is 5. The lowest BCUT2D eigenvalue weighted by atomic mass is 9.62. The Bertz CT molecular complexity index is 1360. The van der Waals surface area contributed by atoms with Gasteiger partial charge < -0.3 is 25.2 Å². The Morgan fingerprint density at radius 2 is 1.56 bits per heavy atom. The van der Waals surface area contributed by atoms with Gasteiger partial charge in [-0.3, -0.25) is 4.79 Å². The van der Waals surface area contributed by atoms with Crippen molar-refractivity contribution in [2.24, 2.45) is 16.7 Å². The number of carbonyl (C=O) groups excluding carboxylic acids is 2. The summed E-state index contributed by atoms with van der Waals surface area (Å²) in [7, 11) is 0. The molecule has 1 saturated heterocycles. The van der Waals surface area contributed by atoms with E-state index in [1.165, 1.54) is 0 Å². The van der Waals surface area contributed by atoms with Crippen LogP contribution in [0.2, 0.25) is 0 Å². The summed E-state index contributed by atoms with van der Waals surface area (Å²) in [5.41, 5.74) is 1.35. The number of benzene rings is 2. The molecule has 0 radical (unpaired) electrons. The monoisotopic (exact) mass is 624 g/mol. The summed E-state index contributed by atoms with van der Waals surface area (Å²) in [6, 6.07) is 19.8. The van der Waals surface area contributed by atoms with Crippen LogP contribution in [0.3, 0.4) is 0 Å². The molecule has 2 aromatic carbocycles. The zero-order valence-electron chi connectivity index (χ0n) is 24.6. The molecule has 1 heterocycles. The maximum absolute atomic E-state index is 14.2. The van der Waals surface area contributed by atoms with Crippen molar-refractivity contribution in [2.45, 2.75) is 82.7 Å². The topological polar surface area (TPSA) is 99.1 Å². The Labute approximate surface area is 251 Å². The third-order valence-electron chi connectivity index (χ3n) is 9.36. The highest BCUT2D eigenvalue weighted by Crippen LogP contribution is 2.79. The van der Waals surface area contributed by atoms with Crippen molar-refractivity contribution in [3.05, 3.63) is 71.8 Å². The van der Waals surface area contributed by atoms with E-state index in [1.54, 1.807) is 4.90 Å². The van der Waals surface area contributed by atoms with Crippen LogP contribution in [0.25, 0.3) is 11.1 Å². The third kappa shape index (κ3) is 4.36. The van der Waals surface area contributed by atoms with E-state index in [1.807, 2.05) is 102 Å². The normalized spacial score (nSPS) is 33.2. The predicted molar refractivity (Wildman–Crippen MR) is 163 cm³/mol. The van der Waals surface area contributed by atoms with Crippen molar-refractivity contribution < 1.29 is 24.5 Å². The van der Waals surface area contributed by atoms with Crippen LogP contribution in [0.4, 0.5) is 4.79 Å². The Morgan fingerprint density at radius 1 is 1.02 bits per heavy atom. The Kier molecular flexibility index (Phi) is 7.45. The average Bonchev–Trinajstić information content (AvgIpc) is 3.28. The van der Waals surface area contributed by atoms with Gasteiger partial charge in [-0.2, -0.15) is 0 Å². The molecule has 2 amide bonds. The molecule has 7 atom stereocenters. The number of aliphatic hydroxyl groups excluding tert-OH is 2. The highest BCUT2D eigenvalue weighted by molar-refractivity contribution is 9.10. The minimum absolute atomic E-state index is 0.166. The second-order valence-electron chi connectivity index (χ2n) is 13.2. The molecule has 0 spiro atoms. The molecule has 1 saturated carbocycles. The lowest BCUT2D eigenvalue weighted by Crippen LogP contribution is -2.54. The lowest BCUT2D eigenvalue weighted by molar-refractivity contribution is -0.139. The molecule has 3 N–H and O–H groups in total. The number of nitrogens with one attached hydrogen (secondary N) is 1. The molecule has 3 aliphatic rings. The van der Waals surface area contributed by atoms with Gasteiger partial charge >= 0.3 is 6.09 Å². The Hall–Kier alpha value is -2.68. The van der Waals surface area contributed by atoms with Crippen LogP contribution in [-0.4, -0.2) is 62.0 Å². The number of carbonyl (C=O) groups is 2. The smallest absolute Gasteiger partial charge is 0.407 e. The molecular formula is C33H41BrN2O5. The van der Waals surface area contributed by atoms with Crippen molar-refractivity contribution in [1.29, 1.82) is 0 Å². The fourth-order valence-corrected chi connectivity index (χ4v) is 9.03. The van der Waals surface area contributed by atoms with E-state index in [9.17, 15) is 19.8 Å². The maximum Gasteiger partial charge on any atom is 0.407 e. The minimum Gasteiger partial charge on any atom is -0.444 e. The first kappa shape index (κ1) is 29.8. The second-order valence-corrected chi connectivity index (χ2v) is 14.5. The third-order valence-corrected chi connectivity index (χ3v) is 11.1. The van der Waals surface area contributed by atoms with Gasteiger partial charge in [0.15, 0.2) is 0 Å². The molecule has 2 aromatic rings. The second kappa shape index (κ2) is 10.2. The molecule has 0 aromatic heterocycles. The molecule has 1 aliphatic heterocycles. The zero-order chi connectivity index (χ0) is 30.0. The quantitative estimate of drug-likeness (QED) is 0.348. The number of halogens is 1. The summed E-state index contributed by atoms with van der Waals surface area (Å²) in [6.07, 6.45) is -1.34. The fraction of sp³-hybridized carbons (Fsp3) is 0.515. The summed E-state index contributed by atoms with van der Waals surface area (Å²) in [4.78, 5) is 28.0. The van der Waals surface area contributed by atoms with Gasteiger partial charge in [0.2, 0.25) is 5.91 Å². The fourth-order valence-electron chi connectivity index (χ4n) is 7.70. The number of alkyl halides is 1. The first-order chi connectivity index (χ1) is 19.2. The van der Waals surface area contributed by atoms with Crippen molar-refractivity contribution in [3.63, 3.8) is 0 Å². The van der Waals surface area contributed by atoms with Crippen LogP contribution in [-0.2, 0) is 9.53 Å². The molecule has 2 bridgehead atoms. The largest absolute Gasteiger partial charge is 0.444 e. The highest BCUT2D eigenvalue weighted by Gasteiger charge is 2.84. The number of nitrogens with zero attached hydrogens (tertiary/aromatic N) is 1. The molecular weight excluding hydrogens is 584 g/mol. The molecule has 6 unspecified atom stereocenters. The van der Waals surface area contributed by atoms with Crippen molar-refractivity contribution >= 4 is 39.1 Å². The van der Waals surface area contributed by atoms with Crippen molar-refractivity contribution in [1.82, 2.24) is 10.2 Å². The summed E-state index contributed by atoms with van der Waals surface area (Å²) < 4.78 is 4.25. The van der Waals surface area contributed by atoms with Gasteiger partial charge in [-0.25, -0.2) is 4.79 Å². The number of hydrogen-bond donors (Lipinski definition) is 3. The Balaban J connectivity index is 1.46. The van der Waals surface area contributed by atoms with E-state index in [2.05, 4.69) is 21.2 Å². The van der Waals surface area contributed by atoms with Crippen LogP contribution >= 0.6 is 15.9 Å². The average molecular weight is 626 g/mol. The minimum atomic E-state index is -1.15. The lowest BCUT2D eigenvalue weighted by Gasteiger charge is -2.46. The zero-order valence-corrected chi connectivity index (χ0v) is 26.2. The number of alkyl carbamates (subject to hydrolysis) is 1. The van der Waals surface area contributed by atoms with Crippen molar-refractivity contribution in [2.75, 3.05) is 6.54 Å². The number of fused-ring (bicyclic) bond motifs is 5. The molecule has 2 aliphatic carbocycles. The van der Waals surface area contributed by atoms with Gasteiger partial charge in [-0.1, -0.05) is 90.4 Å². The van der Waals surface area contributed by atoms with Crippen LogP contribution < -0.4 is 5.32 Å². The van der Waals surface area contributed by atoms with Gasteiger partial charge in [0.05, 0.1) is 16.3 Å². The maximum atomic E-state index is 14.2. The number of ether oxygens (including phenoxy) is 1. The van der Waals surface area contributed by atoms with Gasteiger partial charge in [0.1, 0.15) is 11.8 Å². The van der Waals surface area contributed by atoms with E-state index in [-0.39, 0.29) is 11.9 Å². The molecule has 2 fully saturated rings. The SMILES string of the molecule is C[C@H](CCCN1C(=O)C2C3(C)C(c4ccccc4)=C(c4ccccc4)C(C)(C3O)C2(Br)C1O)NC(=O)OC(C)(C)C. The van der Waals surface area contributed by atoms with Crippen LogP contribution in [0, 0.1) is 16.7 Å². The summed E-state index contributed by atoms with van der Waals surface area (Å²) in [5.74, 6) is -0.849. The van der Waals surface area contributed by atoms with Crippen LogP contribution in [0.1, 0.15) is 65.5 Å². The molecule has 41 heavy (non-hydrogen) atoms. The molecule has 8 heteroatoms. The molecule has 220 valence electrons. The van der Waals surface area contributed by atoms with Crippen molar-refractivity contribution in [3.8, 4) is 0 Å². The Morgan fingerprint density at radius 3 is 2.10 bits per heavy atom. The number of aliphatic hydroxyl groups is 2. The summed E-state index contributed by atoms with van der Waals surface area (Å²) in [5, 5.41) is 26.9. The van der Waals surface area contributed by atoms with E-state index in [0.717, 1.165) is 22.3 Å². The number of amides is 2. The van der Waals surface area contributed by atoms with E-state index in [0.29, 0.717) is 19.4 Å². The van der Waals surface area contributed by atoms with E-state index < -0.39 is 45.1 Å². The predicted octanol–water partition coefficient (Wildman–Crippen LogP) is 5.60. The van der Waals surface area contributed by atoms with Gasteiger partial charge in [0.25, 0.3) is 0 Å². The van der Waals surface area contributed by atoms with E-state index >= 15 is 0 Å². The van der Waals surface area contributed by atoms with E-state index in [4.69, 9.17) is 4.74 Å². The first-order valence-corrected chi connectivity index (χ1v) is 15.2.